The van der Waals surface area contributed by atoms with E-state index in [-0.39, 0.29) is 35.4 Å². The van der Waals surface area contributed by atoms with Crippen LogP contribution in [0.15, 0.2) is 36.7 Å². The van der Waals surface area contributed by atoms with Crippen molar-refractivity contribution in [2.24, 2.45) is 5.92 Å². The van der Waals surface area contributed by atoms with Crippen LogP contribution in [0, 0.1) is 11.7 Å². The van der Waals surface area contributed by atoms with Gasteiger partial charge in [0, 0.05) is 31.5 Å². The second-order valence-corrected chi connectivity index (χ2v) is 6.43. The Hall–Kier alpha value is -3.07. The highest BCUT2D eigenvalue weighted by Crippen LogP contribution is 2.26. The number of aromatic nitrogens is 2. The van der Waals surface area contributed by atoms with Crippen molar-refractivity contribution in [3.05, 3.63) is 42.5 Å². The summed E-state index contributed by atoms with van der Waals surface area (Å²) < 4.78 is 24.8. The summed E-state index contributed by atoms with van der Waals surface area (Å²) >= 11 is 0. The van der Waals surface area contributed by atoms with E-state index in [9.17, 15) is 14.0 Å². The number of hydrogen-bond donors (Lipinski definition) is 2. The third-order valence-electron chi connectivity index (χ3n) is 4.56. The number of carbonyl (C=O) groups is 2. The van der Waals surface area contributed by atoms with Gasteiger partial charge in [-0.1, -0.05) is 0 Å². The topological polar surface area (TPSA) is 102 Å². The number of ether oxygens (including phenoxy) is 2. The van der Waals surface area contributed by atoms with Crippen molar-refractivity contribution in [2.75, 3.05) is 12.4 Å². The Morgan fingerprint density at radius 2 is 1.86 bits per heavy atom. The van der Waals surface area contributed by atoms with E-state index in [0.29, 0.717) is 12.8 Å². The van der Waals surface area contributed by atoms with Crippen LogP contribution in [-0.2, 0) is 9.53 Å². The minimum atomic E-state index is -0.780. The van der Waals surface area contributed by atoms with E-state index in [1.54, 1.807) is 13.2 Å². The Kier molecular flexibility index (Phi) is 6.49. The van der Waals surface area contributed by atoms with Crippen molar-refractivity contribution in [1.29, 1.82) is 0 Å². The molecule has 1 aliphatic rings. The summed E-state index contributed by atoms with van der Waals surface area (Å²) in [4.78, 5) is 32.0. The highest BCUT2D eigenvalue weighted by molar-refractivity contribution is 6.01. The Bertz CT molecular complexity index is 826. The molecule has 0 bridgehead atoms. The lowest BCUT2D eigenvalue weighted by molar-refractivity contribution is -0.125. The van der Waals surface area contributed by atoms with Crippen molar-refractivity contribution in [2.45, 2.75) is 31.8 Å². The molecule has 3 rings (SSSR count). The smallest absolute Gasteiger partial charge is 0.325 e. The molecule has 1 heterocycles. The van der Waals surface area contributed by atoms with Gasteiger partial charge in [0.25, 0.3) is 0 Å². The molecule has 2 N–H and O–H groups in total. The molecule has 0 radical (unpaired) electrons. The number of rotatable bonds is 5. The Morgan fingerprint density at radius 3 is 2.50 bits per heavy atom. The predicted octanol–water partition coefficient (Wildman–Crippen LogP) is 3.26. The zero-order chi connectivity index (χ0) is 19.9. The van der Waals surface area contributed by atoms with Gasteiger partial charge < -0.3 is 14.8 Å². The minimum absolute atomic E-state index is 0.0743. The lowest BCUT2D eigenvalue weighted by Crippen LogP contribution is -2.40. The molecule has 1 aliphatic carbocycles. The van der Waals surface area contributed by atoms with Crippen molar-refractivity contribution in [3.8, 4) is 11.8 Å². The highest BCUT2D eigenvalue weighted by Gasteiger charge is 2.27. The van der Waals surface area contributed by atoms with E-state index in [4.69, 9.17) is 9.47 Å². The molecule has 1 saturated carbocycles. The van der Waals surface area contributed by atoms with Gasteiger partial charge in [-0.05, 0) is 43.9 Å². The first-order valence-electron chi connectivity index (χ1n) is 8.94. The monoisotopic (exact) mass is 388 g/mol. The molecule has 9 heteroatoms. The fourth-order valence-corrected chi connectivity index (χ4v) is 3.03. The minimum Gasteiger partial charge on any atom is -0.424 e. The Morgan fingerprint density at radius 1 is 1.14 bits per heavy atom. The Labute approximate surface area is 161 Å². The molecule has 1 aromatic carbocycles. The van der Waals surface area contributed by atoms with Crippen LogP contribution in [0.25, 0.3) is 0 Å². The number of urea groups is 1. The van der Waals surface area contributed by atoms with Crippen LogP contribution in [0.3, 0.4) is 0 Å². The van der Waals surface area contributed by atoms with Gasteiger partial charge in [-0.2, -0.15) is 0 Å². The predicted molar refractivity (Wildman–Crippen MR) is 98.4 cm³/mol. The van der Waals surface area contributed by atoms with Crippen LogP contribution >= 0.6 is 0 Å². The fraction of sp³-hybridized carbons (Fsp3) is 0.368. The summed E-state index contributed by atoms with van der Waals surface area (Å²) in [6.45, 7) is 0. The van der Waals surface area contributed by atoms with Gasteiger partial charge in [-0.3, -0.25) is 10.1 Å². The molecular formula is C19H21FN4O4. The molecule has 3 amide bonds. The average Bonchev–Trinajstić information content (AvgIpc) is 2.71. The molecule has 28 heavy (non-hydrogen) atoms. The largest absolute Gasteiger partial charge is 0.424 e. The van der Waals surface area contributed by atoms with Crippen molar-refractivity contribution in [3.63, 3.8) is 0 Å². The zero-order valence-corrected chi connectivity index (χ0v) is 15.4. The third-order valence-corrected chi connectivity index (χ3v) is 4.56. The van der Waals surface area contributed by atoms with Crippen molar-refractivity contribution < 1.29 is 23.5 Å². The van der Waals surface area contributed by atoms with Gasteiger partial charge >= 0.3 is 12.0 Å². The highest BCUT2D eigenvalue weighted by atomic mass is 19.1. The molecule has 0 spiro atoms. The zero-order valence-electron chi connectivity index (χ0n) is 15.4. The van der Waals surface area contributed by atoms with Crippen LogP contribution in [-0.4, -0.2) is 35.1 Å². The van der Waals surface area contributed by atoms with Crippen LogP contribution in [0.4, 0.5) is 14.9 Å². The lowest BCUT2D eigenvalue weighted by Gasteiger charge is -2.26. The van der Waals surface area contributed by atoms with E-state index in [0.717, 1.165) is 18.9 Å². The summed E-state index contributed by atoms with van der Waals surface area (Å²) in [5, 5.41) is 4.60. The molecule has 8 nitrogen and oxygen atoms in total. The van der Waals surface area contributed by atoms with E-state index in [1.165, 1.54) is 24.5 Å². The number of nitrogens with one attached hydrogen (secondary N) is 2. The maximum absolute atomic E-state index is 14.2. The molecule has 2 aromatic rings. The number of amides is 3. The average molecular weight is 388 g/mol. The van der Waals surface area contributed by atoms with E-state index < -0.39 is 11.8 Å². The number of nitrogens with zero attached hydrogens (tertiary/aromatic N) is 2. The third kappa shape index (κ3) is 5.23. The molecular weight excluding hydrogens is 367 g/mol. The Balaban J connectivity index is 1.53. The van der Waals surface area contributed by atoms with Gasteiger partial charge in [-0.15, -0.1) is 0 Å². The second kappa shape index (κ2) is 9.23. The van der Waals surface area contributed by atoms with Crippen molar-refractivity contribution in [1.82, 2.24) is 15.3 Å². The molecule has 0 atom stereocenters. The van der Waals surface area contributed by atoms with E-state index in [2.05, 4.69) is 20.6 Å². The molecule has 148 valence electrons. The molecule has 1 fully saturated rings. The number of benzene rings is 1. The molecule has 1 aromatic heterocycles. The van der Waals surface area contributed by atoms with Gasteiger partial charge in [0.15, 0.2) is 0 Å². The van der Waals surface area contributed by atoms with E-state index in [1.807, 2.05) is 0 Å². The SMILES string of the molecule is COC1CCC(C(=O)NC(=O)Nc2ccc(Oc3ncccn3)cc2F)CC1. The number of anilines is 1. The number of hydrogen-bond acceptors (Lipinski definition) is 6. The van der Waals surface area contributed by atoms with E-state index >= 15 is 0 Å². The van der Waals surface area contributed by atoms with Gasteiger partial charge in [0.1, 0.15) is 11.6 Å². The van der Waals surface area contributed by atoms with Crippen LogP contribution in [0.2, 0.25) is 0 Å². The number of halogens is 1. The summed E-state index contributed by atoms with van der Waals surface area (Å²) in [5.74, 6) is -1.14. The van der Waals surface area contributed by atoms with Crippen LogP contribution in [0.1, 0.15) is 25.7 Å². The van der Waals surface area contributed by atoms with Crippen LogP contribution in [0.5, 0.6) is 11.8 Å². The number of carbonyl (C=O) groups excluding carboxylic acids is 2. The quantitative estimate of drug-likeness (QED) is 0.815. The van der Waals surface area contributed by atoms with Gasteiger partial charge in [0.2, 0.25) is 5.91 Å². The maximum atomic E-state index is 14.2. The first-order valence-corrected chi connectivity index (χ1v) is 8.94. The first kappa shape index (κ1) is 19.7. The van der Waals surface area contributed by atoms with Crippen molar-refractivity contribution >= 4 is 17.6 Å². The van der Waals surface area contributed by atoms with Crippen LogP contribution < -0.4 is 15.4 Å². The molecule has 0 aliphatic heterocycles. The van der Waals surface area contributed by atoms with Gasteiger partial charge in [-0.25, -0.2) is 19.2 Å². The lowest BCUT2D eigenvalue weighted by atomic mass is 9.87. The fourth-order valence-electron chi connectivity index (χ4n) is 3.03. The molecule has 0 unspecified atom stereocenters. The molecule has 0 saturated heterocycles. The summed E-state index contributed by atoms with van der Waals surface area (Å²) in [7, 11) is 1.65. The maximum Gasteiger partial charge on any atom is 0.325 e. The standard InChI is InChI=1S/C19H21FN4O4/c1-27-13-5-3-12(4-6-13)17(25)24-18(26)23-16-8-7-14(11-15(16)20)28-19-21-9-2-10-22-19/h2,7-13H,3-6H2,1H3,(H2,23,24,25,26). The normalized spacial score (nSPS) is 18.9. The van der Waals surface area contributed by atoms with Gasteiger partial charge in [0.05, 0.1) is 11.8 Å². The summed E-state index contributed by atoms with van der Waals surface area (Å²) in [6, 6.07) is 4.82. The summed E-state index contributed by atoms with van der Waals surface area (Å²) in [6.07, 6.45) is 6.01. The number of imide groups is 1. The summed E-state index contributed by atoms with van der Waals surface area (Å²) in [5.41, 5.74) is -0.0743. The second-order valence-electron chi connectivity index (χ2n) is 6.43. The number of methoxy groups -OCH3 is 1. The first-order chi connectivity index (χ1) is 13.5.